The molecule has 0 bridgehead atoms. The van der Waals surface area contributed by atoms with Gasteiger partial charge in [0.25, 0.3) is 10.0 Å². The van der Waals surface area contributed by atoms with E-state index in [1.54, 1.807) is 6.07 Å². The molecule has 2 aromatic carbocycles. The predicted molar refractivity (Wildman–Crippen MR) is 80.1 cm³/mol. The summed E-state index contributed by atoms with van der Waals surface area (Å²) < 4.78 is 63.5. The molecule has 128 valence electrons. The van der Waals surface area contributed by atoms with Crippen molar-refractivity contribution in [1.29, 1.82) is 0 Å². The Labute approximate surface area is 136 Å². The summed E-state index contributed by atoms with van der Waals surface area (Å²) >= 11 is 0. The third-order valence-corrected chi connectivity index (χ3v) is 4.88. The Hall–Kier alpha value is -2.55. The molecule has 0 atom stereocenters. The Kier molecular flexibility index (Phi) is 4.83. The molecule has 0 aliphatic heterocycles. The number of hydrogen-bond donors (Lipinski definition) is 1. The fourth-order valence-corrected chi connectivity index (χ4v) is 3.41. The van der Waals surface area contributed by atoms with Crippen LogP contribution in [0.5, 0.6) is 0 Å². The van der Waals surface area contributed by atoms with Crippen molar-refractivity contribution >= 4 is 21.7 Å². The topological polar surface area (TPSA) is 74.7 Å². The Morgan fingerprint density at radius 3 is 2.00 bits per heavy atom. The minimum absolute atomic E-state index is 0.161. The third kappa shape index (κ3) is 3.85. The van der Waals surface area contributed by atoms with Gasteiger partial charge in [0.15, 0.2) is 0 Å². The number of anilines is 1. The number of carboxylic acid groups (broad SMARTS) is 1. The van der Waals surface area contributed by atoms with E-state index >= 15 is 0 Å². The number of benzene rings is 2. The van der Waals surface area contributed by atoms with Crippen molar-refractivity contribution in [2.24, 2.45) is 0 Å². The summed E-state index contributed by atoms with van der Waals surface area (Å²) in [6.45, 7) is -0.914. The Morgan fingerprint density at radius 2 is 1.54 bits per heavy atom. The molecule has 0 spiro atoms. The fourth-order valence-electron chi connectivity index (χ4n) is 1.97. The van der Waals surface area contributed by atoms with Crippen LogP contribution in [0.25, 0.3) is 0 Å². The molecule has 5 nitrogen and oxygen atoms in total. The molecule has 2 rings (SSSR count). The van der Waals surface area contributed by atoms with Crippen LogP contribution in [0.4, 0.5) is 18.9 Å². The zero-order chi connectivity index (χ0) is 18.0. The molecule has 0 saturated heterocycles. The van der Waals surface area contributed by atoms with Gasteiger partial charge in [-0.1, -0.05) is 18.2 Å². The summed E-state index contributed by atoms with van der Waals surface area (Å²) in [6, 6.07) is 10.3. The molecule has 0 heterocycles. The quantitative estimate of drug-likeness (QED) is 0.891. The first-order valence-electron chi connectivity index (χ1n) is 6.59. The normalized spacial score (nSPS) is 12.0. The highest BCUT2D eigenvalue weighted by molar-refractivity contribution is 7.92. The van der Waals surface area contributed by atoms with Crippen LogP contribution in [0.2, 0.25) is 0 Å². The molecular formula is C15H12F3NO4S. The lowest BCUT2D eigenvalue weighted by Crippen LogP contribution is -2.35. The van der Waals surface area contributed by atoms with Gasteiger partial charge in [-0.3, -0.25) is 9.10 Å². The third-order valence-electron chi connectivity index (χ3n) is 3.09. The number of carbonyl (C=O) groups is 1. The van der Waals surface area contributed by atoms with E-state index in [0.717, 1.165) is 12.1 Å². The van der Waals surface area contributed by atoms with Crippen molar-refractivity contribution in [3.05, 3.63) is 60.2 Å². The second-order valence-electron chi connectivity index (χ2n) is 4.76. The summed E-state index contributed by atoms with van der Waals surface area (Å²) in [6.07, 6.45) is -4.57. The van der Waals surface area contributed by atoms with Crippen LogP contribution in [0, 0.1) is 0 Å². The molecule has 0 saturated carbocycles. The van der Waals surface area contributed by atoms with E-state index in [1.807, 2.05) is 0 Å². The van der Waals surface area contributed by atoms with Crippen molar-refractivity contribution in [1.82, 2.24) is 0 Å². The molecule has 0 amide bonds. The van der Waals surface area contributed by atoms with E-state index in [4.69, 9.17) is 5.11 Å². The van der Waals surface area contributed by atoms with E-state index < -0.39 is 34.3 Å². The van der Waals surface area contributed by atoms with Gasteiger partial charge in [-0.25, -0.2) is 8.42 Å². The van der Waals surface area contributed by atoms with Gasteiger partial charge in [-0.2, -0.15) is 13.2 Å². The summed E-state index contributed by atoms with van der Waals surface area (Å²) in [5.74, 6) is -1.44. The lowest BCUT2D eigenvalue weighted by molar-refractivity contribution is -0.138. The van der Waals surface area contributed by atoms with E-state index in [0.29, 0.717) is 16.4 Å². The molecule has 9 heteroatoms. The molecule has 2 aromatic rings. The molecule has 0 fully saturated rings. The van der Waals surface area contributed by atoms with Gasteiger partial charge in [0.2, 0.25) is 0 Å². The van der Waals surface area contributed by atoms with E-state index in [1.165, 1.54) is 24.3 Å². The monoisotopic (exact) mass is 359 g/mol. The molecular weight excluding hydrogens is 347 g/mol. The highest BCUT2D eigenvalue weighted by Gasteiger charge is 2.31. The van der Waals surface area contributed by atoms with Crippen LogP contribution < -0.4 is 4.31 Å². The van der Waals surface area contributed by atoms with Crippen molar-refractivity contribution in [3.63, 3.8) is 0 Å². The summed E-state index contributed by atoms with van der Waals surface area (Å²) in [4.78, 5) is 10.8. The maximum Gasteiger partial charge on any atom is 0.416 e. The minimum Gasteiger partial charge on any atom is -0.480 e. The zero-order valence-corrected chi connectivity index (χ0v) is 12.9. The van der Waals surface area contributed by atoms with Crippen LogP contribution >= 0.6 is 0 Å². The molecule has 0 unspecified atom stereocenters. The molecule has 1 N–H and O–H groups in total. The summed E-state index contributed by atoms with van der Waals surface area (Å²) in [5, 5.41) is 8.95. The van der Waals surface area contributed by atoms with Crippen LogP contribution in [0.15, 0.2) is 59.5 Å². The van der Waals surface area contributed by atoms with Gasteiger partial charge in [-0.15, -0.1) is 0 Å². The van der Waals surface area contributed by atoms with Crippen LogP contribution in [0.3, 0.4) is 0 Å². The number of nitrogens with zero attached hydrogens (tertiary/aromatic N) is 1. The molecule has 24 heavy (non-hydrogen) atoms. The number of rotatable bonds is 5. The molecule has 0 radical (unpaired) electrons. The van der Waals surface area contributed by atoms with Crippen molar-refractivity contribution in [3.8, 4) is 0 Å². The van der Waals surface area contributed by atoms with Crippen LogP contribution in [-0.4, -0.2) is 26.0 Å². The largest absolute Gasteiger partial charge is 0.480 e. The number of sulfonamides is 1. The predicted octanol–water partition coefficient (Wildman–Crippen LogP) is 2.99. The van der Waals surface area contributed by atoms with Crippen LogP contribution in [0.1, 0.15) is 5.56 Å². The second-order valence-corrected chi connectivity index (χ2v) is 6.63. The van der Waals surface area contributed by atoms with E-state index in [-0.39, 0.29) is 10.6 Å². The van der Waals surface area contributed by atoms with Crippen molar-refractivity contribution < 1.29 is 31.5 Å². The Bertz CT molecular complexity index is 818. The van der Waals surface area contributed by atoms with Gasteiger partial charge >= 0.3 is 12.1 Å². The number of aliphatic carboxylic acids is 1. The van der Waals surface area contributed by atoms with E-state index in [9.17, 15) is 26.4 Å². The van der Waals surface area contributed by atoms with Crippen molar-refractivity contribution in [2.75, 3.05) is 10.8 Å². The summed E-state index contributed by atoms with van der Waals surface area (Å²) in [5.41, 5.74) is -1.13. The maximum atomic E-state index is 12.6. The number of hydrogen-bond acceptors (Lipinski definition) is 3. The van der Waals surface area contributed by atoms with Gasteiger partial charge < -0.3 is 5.11 Å². The lowest BCUT2D eigenvalue weighted by atomic mass is 10.2. The molecule has 0 aliphatic carbocycles. The minimum atomic E-state index is -4.57. The first kappa shape index (κ1) is 17.8. The molecule has 0 aliphatic rings. The lowest BCUT2D eigenvalue weighted by Gasteiger charge is -2.23. The smallest absolute Gasteiger partial charge is 0.416 e. The van der Waals surface area contributed by atoms with Crippen molar-refractivity contribution in [2.45, 2.75) is 11.1 Å². The van der Waals surface area contributed by atoms with Gasteiger partial charge in [0.05, 0.1) is 16.1 Å². The zero-order valence-electron chi connectivity index (χ0n) is 12.1. The molecule has 0 aromatic heterocycles. The first-order chi connectivity index (χ1) is 11.1. The average molecular weight is 359 g/mol. The first-order valence-corrected chi connectivity index (χ1v) is 8.03. The fraction of sp³-hybridized carbons (Fsp3) is 0.133. The highest BCUT2D eigenvalue weighted by Crippen LogP contribution is 2.31. The van der Waals surface area contributed by atoms with Gasteiger partial charge in [-0.05, 0) is 36.4 Å². The van der Waals surface area contributed by atoms with E-state index in [2.05, 4.69) is 0 Å². The SMILES string of the molecule is O=C(O)CN(c1ccc(C(F)(F)F)cc1)S(=O)(=O)c1ccccc1. The standard InChI is InChI=1S/C15H12F3NO4S/c16-15(17,18)11-6-8-12(9-7-11)19(10-14(20)21)24(22,23)13-4-2-1-3-5-13/h1-9H,10H2,(H,20,21). The number of carboxylic acids is 1. The average Bonchev–Trinajstić information content (AvgIpc) is 2.52. The van der Waals surface area contributed by atoms with Crippen LogP contribution in [-0.2, 0) is 21.0 Å². The highest BCUT2D eigenvalue weighted by atomic mass is 32.2. The number of halogens is 3. The Balaban J connectivity index is 2.48. The maximum absolute atomic E-state index is 12.6. The van der Waals surface area contributed by atoms with Gasteiger partial charge in [0.1, 0.15) is 6.54 Å². The number of alkyl halides is 3. The summed E-state index contributed by atoms with van der Waals surface area (Å²) in [7, 11) is -4.23. The van der Waals surface area contributed by atoms with Gasteiger partial charge in [0, 0.05) is 0 Å². The Morgan fingerprint density at radius 1 is 1.00 bits per heavy atom. The second kappa shape index (κ2) is 6.52.